The predicted octanol–water partition coefficient (Wildman–Crippen LogP) is 4.23. The number of rotatable bonds is 0. The molecule has 1 aromatic carbocycles. The fourth-order valence-corrected chi connectivity index (χ4v) is 2.24. The highest BCUT2D eigenvalue weighted by Crippen LogP contribution is 2.35. The van der Waals surface area contributed by atoms with Gasteiger partial charge in [-0.3, -0.25) is 0 Å². The molecule has 0 atom stereocenters. The van der Waals surface area contributed by atoms with Crippen molar-refractivity contribution in [3.05, 3.63) is 34.7 Å². The second kappa shape index (κ2) is 2.98. The third-order valence-corrected chi connectivity index (χ3v) is 2.98. The molecule has 0 fully saturated rings. The molecule has 0 N–H and O–H groups in total. The first-order valence-electron chi connectivity index (χ1n) is 4.03. The van der Waals surface area contributed by atoms with Crippen molar-refractivity contribution in [2.75, 3.05) is 0 Å². The molecule has 0 radical (unpaired) electrons. The highest BCUT2D eigenvalue weighted by atomic mass is 32.1. The van der Waals surface area contributed by atoms with Gasteiger partial charge >= 0.3 is 6.18 Å². The minimum Gasteiger partial charge on any atom is -0.166 e. The van der Waals surface area contributed by atoms with E-state index in [1.165, 1.54) is 24.3 Å². The molecule has 0 nitrogen and oxygen atoms in total. The van der Waals surface area contributed by atoms with Crippen LogP contribution in [0, 0.1) is 6.92 Å². The molecule has 14 heavy (non-hydrogen) atoms. The molecule has 4 heteroatoms. The van der Waals surface area contributed by atoms with Crippen molar-refractivity contribution in [1.82, 2.24) is 0 Å². The number of halogens is 3. The van der Waals surface area contributed by atoms with Gasteiger partial charge in [-0.2, -0.15) is 13.2 Å². The molecular weight excluding hydrogens is 209 g/mol. The zero-order valence-corrected chi connectivity index (χ0v) is 8.17. The van der Waals surface area contributed by atoms with Gasteiger partial charge in [0.25, 0.3) is 0 Å². The first-order valence-corrected chi connectivity index (χ1v) is 4.91. The Hall–Kier alpha value is -1.03. The Bertz CT molecular complexity index is 468. The largest absolute Gasteiger partial charge is 0.416 e. The molecule has 1 aromatic heterocycles. The molecule has 0 amide bonds. The lowest BCUT2D eigenvalue weighted by molar-refractivity contribution is -0.137. The van der Waals surface area contributed by atoms with E-state index in [0.717, 1.165) is 5.39 Å². The first kappa shape index (κ1) is 9.52. The van der Waals surface area contributed by atoms with Crippen LogP contribution in [0.25, 0.3) is 10.1 Å². The van der Waals surface area contributed by atoms with Crippen molar-refractivity contribution in [2.45, 2.75) is 13.1 Å². The van der Waals surface area contributed by atoms with Gasteiger partial charge in [0.05, 0.1) is 5.56 Å². The second-order valence-electron chi connectivity index (χ2n) is 3.12. The average Bonchev–Trinajstić information content (AvgIpc) is 2.47. The smallest absolute Gasteiger partial charge is 0.166 e. The van der Waals surface area contributed by atoms with Crippen molar-refractivity contribution in [2.24, 2.45) is 0 Å². The van der Waals surface area contributed by atoms with Gasteiger partial charge in [0.2, 0.25) is 0 Å². The topological polar surface area (TPSA) is 0 Å². The van der Waals surface area contributed by atoms with Crippen LogP contribution < -0.4 is 0 Å². The first-order chi connectivity index (χ1) is 6.48. The number of alkyl halides is 3. The van der Waals surface area contributed by atoms with E-state index in [2.05, 4.69) is 0 Å². The third kappa shape index (κ3) is 1.50. The van der Waals surface area contributed by atoms with Gasteiger partial charge in [-0.1, -0.05) is 0 Å². The molecule has 1 heterocycles. The lowest BCUT2D eigenvalue weighted by atomic mass is 10.1. The molecule has 0 saturated heterocycles. The minimum absolute atomic E-state index is 0.281. The van der Waals surface area contributed by atoms with Crippen LogP contribution in [0.2, 0.25) is 0 Å². The maximum atomic E-state index is 12.5. The van der Waals surface area contributed by atoms with Crippen LogP contribution in [-0.4, -0.2) is 0 Å². The van der Waals surface area contributed by atoms with Gasteiger partial charge < -0.3 is 0 Å². The van der Waals surface area contributed by atoms with Crippen molar-refractivity contribution in [3.63, 3.8) is 0 Å². The predicted molar refractivity (Wildman–Crippen MR) is 51.6 cm³/mol. The van der Waals surface area contributed by atoms with Gasteiger partial charge in [0, 0.05) is 4.70 Å². The Morgan fingerprint density at radius 1 is 1.21 bits per heavy atom. The molecule has 0 aliphatic rings. The SMILES string of the molecule is Cc1cc2ccsc2cc1C(F)(F)F. The van der Waals surface area contributed by atoms with Gasteiger partial charge in [-0.15, -0.1) is 11.3 Å². The molecule has 0 bridgehead atoms. The minimum atomic E-state index is -4.25. The number of hydrogen-bond donors (Lipinski definition) is 0. The van der Waals surface area contributed by atoms with Gasteiger partial charge in [-0.25, -0.2) is 0 Å². The van der Waals surface area contributed by atoms with E-state index >= 15 is 0 Å². The van der Waals surface area contributed by atoms with E-state index in [1.807, 2.05) is 6.07 Å². The molecule has 0 unspecified atom stereocenters. The fourth-order valence-electron chi connectivity index (χ4n) is 1.43. The van der Waals surface area contributed by atoms with Crippen molar-refractivity contribution < 1.29 is 13.2 Å². The van der Waals surface area contributed by atoms with Crippen LogP contribution >= 0.6 is 11.3 Å². The zero-order chi connectivity index (χ0) is 10.3. The second-order valence-corrected chi connectivity index (χ2v) is 4.07. The summed E-state index contributed by atoms with van der Waals surface area (Å²) in [6, 6.07) is 4.62. The number of hydrogen-bond acceptors (Lipinski definition) is 1. The summed E-state index contributed by atoms with van der Waals surface area (Å²) in [6.07, 6.45) is -4.25. The molecule has 2 aromatic rings. The van der Waals surface area contributed by atoms with Gasteiger partial charge in [0.15, 0.2) is 0 Å². The van der Waals surface area contributed by atoms with E-state index in [4.69, 9.17) is 0 Å². The Kier molecular flexibility index (Phi) is 2.03. The standard InChI is InChI=1S/C10H7F3S/c1-6-4-7-2-3-14-9(7)5-8(6)10(11,12)13/h2-5H,1H3. The molecule has 0 aliphatic heterocycles. The summed E-state index contributed by atoms with van der Waals surface area (Å²) < 4.78 is 38.1. The Labute approximate surface area is 83.0 Å². The normalized spacial score (nSPS) is 12.3. The Morgan fingerprint density at radius 2 is 1.93 bits per heavy atom. The maximum Gasteiger partial charge on any atom is 0.416 e. The molecule has 0 aliphatic carbocycles. The summed E-state index contributed by atoms with van der Waals surface area (Å²) in [5.41, 5.74) is -0.254. The third-order valence-electron chi connectivity index (χ3n) is 2.10. The number of fused-ring (bicyclic) bond motifs is 1. The molecule has 0 spiro atoms. The van der Waals surface area contributed by atoms with E-state index in [9.17, 15) is 13.2 Å². The number of benzene rings is 1. The molecule has 0 saturated carbocycles. The summed E-state index contributed by atoms with van der Waals surface area (Å²) in [4.78, 5) is 0. The van der Waals surface area contributed by atoms with Crippen molar-refractivity contribution >= 4 is 21.4 Å². The van der Waals surface area contributed by atoms with Crippen LogP contribution in [0.3, 0.4) is 0 Å². The van der Waals surface area contributed by atoms with E-state index in [0.29, 0.717) is 4.70 Å². The van der Waals surface area contributed by atoms with E-state index in [-0.39, 0.29) is 5.56 Å². The Balaban J connectivity index is 2.71. The van der Waals surface area contributed by atoms with E-state index in [1.54, 1.807) is 11.4 Å². The van der Waals surface area contributed by atoms with Crippen molar-refractivity contribution in [3.8, 4) is 0 Å². The summed E-state index contributed by atoms with van der Waals surface area (Å²) in [5.74, 6) is 0. The Morgan fingerprint density at radius 3 is 2.57 bits per heavy atom. The lowest BCUT2D eigenvalue weighted by Gasteiger charge is -2.09. The van der Waals surface area contributed by atoms with Crippen LogP contribution in [0.4, 0.5) is 13.2 Å². The fraction of sp³-hybridized carbons (Fsp3) is 0.200. The van der Waals surface area contributed by atoms with Gasteiger partial charge in [-0.05, 0) is 41.5 Å². The lowest BCUT2D eigenvalue weighted by Crippen LogP contribution is -2.06. The quantitative estimate of drug-likeness (QED) is 0.618. The molecular formula is C10H7F3S. The molecule has 74 valence electrons. The zero-order valence-electron chi connectivity index (χ0n) is 7.35. The summed E-state index contributed by atoms with van der Waals surface area (Å²) in [7, 11) is 0. The summed E-state index contributed by atoms with van der Waals surface area (Å²) >= 11 is 1.33. The summed E-state index contributed by atoms with van der Waals surface area (Å²) in [6.45, 7) is 1.49. The van der Waals surface area contributed by atoms with Crippen molar-refractivity contribution in [1.29, 1.82) is 0 Å². The van der Waals surface area contributed by atoms with Crippen LogP contribution in [-0.2, 0) is 6.18 Å². The number of thiophene rings is 1. The molecule has 2 rings (SSSR count). The van der Waals surface area contributed by atoms with E-state index < -0.39 is 11.7 Å². The van der Waals surface area contributed by atoms with Crippen LogP contribution in [0.15, 0.2) is 23.6 Å². The highest BCUT2D eigenvalue weighted by molar-refractivity contribution is 7.17. The monoisotopic (exact) mass is 216 g/mol. The van der Waals surface area contributed by atoms with Crippen LogP contribution in [0.1, 0.15) is 11.1 Å². The average molecular weight is 216 g/mol. The number of aryl methyl sites for hydroxylation is 1. The van der Waals surface area contributed by atoms with Gasteiger partial charge in [0.1, 0.15) is 0 Å². The van der Waals surface area contributed by atoms with Crippen LogP contribution in [0.5, 0.6) is 0 Å². The highest BCUT2D eigenvalue weighted by Gasteiger charge is 2.32. The maximum absolute atomic E-state index is 12.5. The summed E-state index contributed by atoms with van der Waals surface area (Å²) in [5, 5.41) is 2.67.